The zero-order chi connectivity index (χ0) is 16.5. The van der Waals surface area contributed by atoms with Gasteiger partial charge in [0, 0.05) is 18.0 Å². The Morgan fingerprint density at radius 3 is 2.73 bits per heavy atom. The molecule has 0 saturated heterocycles. The van der Waals surface area contributed by atoms with Crippen LogP contribution in [0.3, 0.4) is 0 Å². The number of carbonyl (C=O) groups is 1. The van der Waals surface area contributed by atoms with Gasteiger partial charge in [-0.25, -0.2) is 0 Å². The molecule has 22 heavy (non-hydrogen) atoms. The minimum atomic E-state index is -0.132. The SMILES string of the molecule is CC(C)CNC(=S)NC(=O)CCCOc1ccc(Cl)cc1Cl. The summed E-state index contributed by atoms with van der Waals surface area (Å²) in [6, 6.07) is 5.02. The monoisotopic (exact) mass is 362 g/mol. The summed E-state index contributed by atoms with van der Waals surface area (Å²) in [5.41, 5.74) is 0. The van der Waals surface area contributed by atoms with Gasteiger partial charge in [0.2, 0.25) is 5.91 Å². The lowest BCUT2D eigenvalue weighted by molar-refractivity contribution is -0.119. The smallest absolute Gasteiger partial charge is 0.226 e. The highest BCUT2D eigenvalue weighted by Gasteiger charge is 2.06. The van der Waals surface area contributed by atoms with Crippen LogP contribution in [0.15, 0.2) is 18.2 Å². The number of halogens is 2. The second kappa shape index (κ2) is 9.87. The second-order valence-electron chi connectivity index (χ2n) is 5.18. The van der Waals surface area contributed by atoms with Crippen LogP contribution in [0.25, 0.3) is 0 Å². The van der Waals surface area contributed by atoms with E-state index in [1.54, 1.807) is 18.2 Å². The summed E-state index contributed by atoms with van der Waals surface area (Å²) < 4.78 is 5.51. The van der Waals surface area contributed by atoms with E-state index in [4.69, 9.17) is 40.2 Å². The number of thiocarbonyl (C=S) groups is 1. The van der Waals surface area contributed by atoms with Gasteiger partial charge in [-0.15, -0.1) is 0 Å². The fourth-order valence-electron chi connectivity index (χ4n) is 1.54. The van der Waals surface area contributed by atoms with Crippen molar-refractivity contribution in [2.45, 2.75) is 26.7 Å². The van der Waals surface area contributed by atoms with Crippen LogP contribution in [0.1, 0.15) is 26.7 Å². The van der Waals surface area contributed by atoms with Gasteiger partial charge >= 0.3 is 0 Å². The highest BCUT2D eigenvalue weighted by Crippen LogP contribution is 2.27. The molecule has 1 rings (SSSR count). The maximum atomic E-state index is 11.7. The van der Waals surface area contributed by atoms with E-state index in [1.807, 2.05) is 0 Å². The maximum absolute atomic E-state index is 11.7. The summed E-state index contributed by atoms with van der Waals surface area (Å²) in [4.78, 5) is 11.7. The summed E-state index contributed by atoms with van der Waals surface area (Å²) in [5, 5.41) is 6.99. The molecule has 2 N–H and O–H groups in total. The van der Waals surface area contributed by atoms with Gasteiger partial charge in [-0.2, -0.15) is 0 Å². The highest BCUT2D eigenvalue weighted by molar-refractivity contribution is 7.80. The number of benzene rings is 1. The molecule has 1 aromatic carbocycles. The first-order valence-corrected chi connectivity index (χ1v) is 8.20. The normalized spacial score (nSPS) is 10.4. The third kappa shape index (κ3) is 7.82. The van der Waals surface area contributed by atoms with Crippen LogP contribution in [0.4, 0.5) is 0 Å². The van der Waals surface area contributed by atoms with E-state index >= 15 is 0 Å². The van der Waals surface area contributed by atoms with Crippen LogP contribution in [-0.2, 0) is 4.79 Å². The molecule has 0 unspecified atom stereocenters. The van der Waals surface area contributed by atoms with Gasteiger partial charge in [0.15, 0.2) is 5.11 Å². The average Bonchev–Trinajstić information content (AvgIpc) is 2.43. The predicted octanol–water partition coefficient (Wildman–Crippen LogP) is 3.80. The van der Waals surface area contributed by atoms with Crippen molar-refractivity contribution in [1.82, 2.24) is 10.6 Å². The van der Waals surface area contributed by atoms with E-state index in [-0.39, 0.29) is 5.91 Å². The Hall–Kier alpha value is -1.04. The van der Waals surface area contributed by atoms with Crippen molar-refractivity contribution >= 4 is 46.4 Å². The van der Waals surface area contributed by atoms with Crippen molar-refractivity contribution in [3.8, 4) is 5.75 Å². The van der Waals surface area contributed by atoms with E-state index in [0.29, 0.717) is 46.3 Å². The topological polar surface area (TPSA) is 50.4 Å². The van der Waals surface area contributed by atoms with Crippen LogP contribution in [-0.4, -0.2) is 24.2 Å². The lowest BCUT2D eigenvalue weighted by Crippen LogP contribution is -2.40. The summed E-state index contributed by atoms with van der Waals surface area (Å²) in [5.74, 6) is 0.889. The molecular formula is C15H20Cl2N2O2S. The minimum Gasteiger partial charge on any atom is -0.492 e. The molecule has 0 atom stereocenters. The summed E-state index contributed by atoms with van der Waals surface area (Å²) in [6.45, 7) is 5.26. The van der Waals surface area contributed by atoms with E-state index in [2.05, 4.69) is 24.5 Å². The number of hydrogen-bond donors (Lipinski definition) is 2. The lowest BCUT2D eigenvalue weighted by Gasteiger charge is -2.11. The Bertz CT molecular complexity index is 524. The third-order valence-electron chi connectivity index (χ3n) is 2.62. The maximum Gasteiger partial charge on any atom is 0.226 e. The Balaban J connectivity index is 2.21. The van der Waals surface area contributed by atoms with Gasteiger partial charge in [-0.1, -0.05) is 37.0 Å². The highest BCUT2D eigenvalue weighted by atomic mass is 35.5. The minimum absolute atomic E-state index is 0.132. The first kappa shape index (κ1) is 19.0. The van der Waals surface area contributed by atoms with Crippen molar-refractivity contribution in [1.29, 1.82) is 0 Å². The molecule has 0 aromatic heterocycles. The molecule has 0 bridgehead atoms. The summed E-state index contributed by atoms with van der Waals surface area (Å²) >= 11 is 16.8. The fourth-order valence-corrected chi connectivity index (χ4v) is 2.20. The quantitative estimate of drug-likeness (QED) is 0.572. The van der Waals surface area contributed by atoms with E-state index in [9.17, 15) is 4.79 Å². The number of hydrogen-bond acceptors (Lipinski definition) is 3. The molecule has 0 radical (unpaired) electrons. The van der Waals surface area contributed by atoms with Gasteiger partial charge in [0.25, 0.3) is 0 Å². The molecule has 0 fully saturated rings. The third-order valence-corrected chi connectivity index (χ3v) is 3.40. The Kier molecular flexibility index (Phi) is 8.53. The van der Waals surface area contributed by atoms with E-state index < -0.39 is 0 Å². The molecule has 0 aliphatic rings. The lowest BCUT2D eigenvalue weighted by atomic mass is 10.2. The largest absolute Gasteiger partial charge is 0.492 e. The zero-order valence-corrected chi connectivity index (χ0v) is 14.9. The molecule has 7 heteroatoms. The van der Waals surface area contributed by atoms with Gasteiger partial charge in [0.05, 0.1) is 11.6 Å². The van der Waals surface area contributed by atoms with E-state index in [0.717, 1.165) is 6.54 Å². The van der Waals surface area contributed by atoms with Crippen LogP contribution >= 0.6 is 35.4 Å². The van der Waals surface area contributed by atoms with Crippen LogP contribution < -0.4 is 15.4 Å². The summed E-state index contributed by atoms with van der Waals surface area (Å²) in [7, 11) is 0. The molecule has 4 nitrogen and oxygen atoms in total. The number of nitrogens with one attached hydrogen (secondary N) is 2. The fraction of sp³-hybridized carbons (Fsp3) is 0.467. The number of rotatable bonds is 7. The molecule has 1 amide bonds. The molecular weight excluding hydrogens is 343 g/mol. The molecule has 122 valence electrons. The molecule has 0 spiro atoms. The number of carbonyl (C=O) groups excluding carboxylic acids is 1. The number of ether oxygens (including phenoxy) is 1. The molecule has 0 aliphatic carbocycles. The molecule has 0 aliphatic heterocycles. The van der Waals surface area contributed by atoms with Crippen LogP contribution in [0, 0.1) is 5.92 Å². The zero-order valence-electron chi connectivity index (χ0n) is 12.6. The first-order valence-electron chi connectivity index (χ1n) is 7.04. The summed E-state index contributed by atoms with van der Waals surface area (Å²) in [6.07, 6.45) is 0.895. The first-order chi connectivity index (χ1) is 10.4. The molecule has 0 saturated carbocycles. The van der Waals surface area contributed by atoms with Crippen molar-refractivity contribution in [3.63, 3.8) is 0 Å². The van der Waals surface area contributed by atoms with Gasteiger partial charge in [-0.05, 0) is 42.8 Å². The van der Waals surface area contributed by atoms with Gasteiger partial charge < -0.3 is 15.4 Å². The van der Waals surface area contributed by atoms with Gasteiger partial charge in [-0.3, -0.25) is 4.79 Å². The van der Waals surface area contributed by atoms with Crippen molar-refractivity contribution in [2.75, 3.05) is 13.2 Å². The predicted molar refractivity (Wildman–Crippen MR) is 94.8 cm³/mol. The second-order valence-corrected chi connectivity index (χ2v) is 6.43. The molecule has 0 heterocycles. The standard InChI is InChI=1S/C15H20Cl2N2O2S/c1-10(2)9-18-15(22)19-14(20)4-3-7-21-13-6-5-11(16)8-12(13)17/h5-6,8,10H,3-4,7,9H2,1-2H3,(H2,18,19,20,22). The van der Waals surface area contributed by atoms with Gasteiger partial charge in [0.1, 0.15) is 5.75 Å². The Labute approximate surface area is 146 Å². The average molecular weight is 363 g/mol. The van der Waals surface area contributed by atoms with Crippen LogP contribution in [0.5, 0.6) is 5.75 Å². The van der Waals surface area contributed by atoms with Crippen molar-refractivity contribution in [2.24, 2.45) is 5.92 Å². The van der Waals surface area contributed by atoms with Crippen LogP contribution in [0.2, 0.25) is 10.0 Å². The Morgan fingerprint density at radius 2 is 2.09 bits per heavy atom. The number of amides is 1. The van der Waals surface area contributed by atoms with Crippen molar-refractivity contribution in [3.05, 3.63) is 28.2 Å². The molecule has 1 aromatic rings. The van der Waals surface area contributed by atoms with Crippen molar-refractivity contribution < 1.29 is 9.53 Å². The Morgan fingerprint density at radius 1 is 1.36 bits per heavy atom. The van der Waals surface area contributed by atoms with E-state index in [1.165, 1.54) is 0 Å².